The lowest BCUT2D eigenvalue weighted by atomic mass is 9.76. The molecule has 2 aliphatic rings. The maximum atomic E-state index is 12.6. The van der Waals surface area contributed by atoms with E-state index in [0.717, 1.165) is 23.3 Å². The van der Waals surface area contributed by atoms with Crippen LogP contribution in [0.4, 0.5) is 0 Å². The third-order valence-electron chi connectivity index (χ3n) is 5.37. The van der Waals surface area contributed by atoms with Crippen LogP contribution >= 0.6 is 11.3 Å². The highest BCUT2D eigenvalue weighted by molar-refractivity contribution is 7.12. The van der Waals surface area contributed by atoms with Crippen molar-refractivity contribution in [3.63, 3.8) is 0 Å². The molecule has 0 saturated carbocycles. The van der Waals surface area contributed by atoms with Crippen LogP contribution in [0.2, 0.25) is 0 Å². The van der Waals surface area contributed by atoms with Gasteiger partial charge in [0.25, 0.3) is 5.91 Å². The van der Waals surface area contributed by atoms with Crippen LogP contribution < -0.4 is 0 Å². The second kappa shape index (κ2) is 6.20. The Labute approximate surface area is 145 Å². The van der Waals surface area contributed by atoms with E-state index in [1.54, 1.807) is 0 Å². The predicted octanol–water partition coefficient (Wildman–Crippen LogP) is 1.98. The van der Waals surface area contributed by atoms with E-state index in [9.17, 15) is 19.5 Å². The number of hydrogen-bond acceptors (Lipinski definition) is 4. The lowest BCUT2D eigenvalue weighted by molar-refractivity contribution is -0.147. The fraction of sp³-hybridized carbons (Fsp3) is 0.588. The number of nitrogens with zero attached hydrogens (tertiary/aromatic N) is 2. The summed E-state index contributed by atoms with van der Waals surface area (Å²) in [6.45, 7) is 5.09. The van der Waals surface area contributed by atoms with Crippen molar-refractivity contribution >= 4 is 29.1 Å². The highest BCUT2D eigenvalue weighted by Gasteiger charge is 2.49. The summed E-state index contributed by atoms with van der Waals surface area (Å²) >= 11 is 1.46. The van der Waals surface area contributed by atoms with Crippen molar-refractivity contribution in [2.45, 2.75) is 39.2 Å². The van der Waals surface area contributed by atoms with E-state index in [4.69, 9.17) is 0 Å². The Kier molecular flexibility index (Phi) is 4.38. The standard InChI is InChI=1S/C17H22N2O4S/c1-11-3-8-24-14(11)15(21)18-6-4-17(5-7-18)9-13(16(22)23)19(10-17)12(2)20/h3,8,13H,4-7,9-10H2,1-2H3,(H,22,23). The quantitative estimate of drug-likeness (QED) is 0.885. The summed E-state index contributed by atoms with van der Waals surface area (Å²) in [6, 6.07) is 1.21. The lowest BCUT2D eigenvalue weighted by Crippen LogP contribution is -2.44. The molecule has 3 heterocycles. The SMILES string of the molecule is CC(=O)N1CC2(CCN(C(=O)c3sccc3C)CC2)CC1C(=O)O. The van der Waals surface area contributed by atoms with Crippen molar-refractivity contribution < 1.29 is 19.5 Å². The molecule has 1 spiro atoms. The van der Waals surface area contributed by atoms with Crippen molar-refractivity contribution in [1.82, 2.24) is 9.80 Å². The van der Waals surface area contributed by atoms with Crippen LogP contribution in [0.5, 0.6) is 0 Å². The van der Waals surface area contributed by atoms with Gasteiger partial charge in [-0.2, -0.15) is 0 Å². The maximum Gasteiger partial charge on any atom is 0.326 e. The summed E-state index contributed by atoms with van der Waals surface area (Å²) in [5.41, 5.74) is 0.829. The fourth-order valence-electron chi connectivity index (χ4n) is 3.89. The van der Waals surface area contributed by atoms with Gasteiger partial charge in [-0.3, -0.25) is 9.59 Å². The molecular weight excluding hydrogens is 328 g/mol. The number of aliphatic carboxylic acids is 1. The molecule has 2 amide bonds. The van der Waals surface area contributed by atoms with Crippen LogP contribution in [0, 0.1) is 12.3 Å². The van der Waals surface area contributed by atoms with E-state index in [-0.39, 0.29) is 17.2 Å². The molecule has 2 aliphatic heterocycles. The first-order chi connectivity index (χ1) is 11.3. The van der Waals surface area contributed by atoms with Gasteiger partial charge in [-0.25, -0.2) is 4.79 Å². The van der Waals surface area contributed by atoms with Crippen molar-refractivity contribution in [3.05, 3.63) is 21.9 Å². The number of carbonyl (C=O) groups is 3. The first-order valence-corrected chi connectivity index (χ1v) is 9.04. The van der Waals surface area contributed by atoms with Crippen LogP contribution in [0.15, 0.2) is 11.4 Å². The molecule has 24 heavy (non-hydrogen) atoms. The number of thiophene rings is 1. The molecule has 2 fully saturated rings. The summed E-state index contributed by atoms with van der Waals surface area (Å²) in [4.78, 5) is 39.9. The smallest absolute Gasteiger partial charge is 0.326 e. The number of piperidine rings is 1. The second-order valence-electron chi connectivity index (χ2n) is 6.93. The van der Waals surface area contributed by atoms with E-state index < -0.39 is 12.0 Å². The first kappa shape index (κ1) is 17.0. The lowest BCUT2D eigenvalue weighted by Gasteiger charge is -2.39. The number of likely N-dealkylation sites (tertiary alicyclic amines) is 2. The molecule has 1 unspecified atom stereocenters. The van der Waals surface area contributed by atoms with Gasteiger partial charge in [-0.1, -0.05) is 0 Å². The molecule has 7 heteroatoms. The zero-order valence-electron chi connectivity index (χ0n) is 13.9. The van der Waals surface area contributed by atoms with Crippen LogP contribution in [0.1, 0.15) is 41.4 Å². The van der Waals surface area contributed by atoms with Crippen molar-refractivity contribution in [2.24, 2.45) is 5.41 Å². The topological polar surface area (TPSA) is 77.9 Å². The van der Waals surface area contributed by atoms with Gasteiger partial charge >= 0.3 is 5.97 Å². The molecule has 1 aromatic heterocycles. The third-order valence-corrected chi connectivity index (χ3v) is 6.37. The van der Waals surface area contributed by atoms with E-state index >= 15 is 0 Å². The summed E-state index contributed by atoms with van der Waals surface area (Å²) in [6.07, 6.45) is 1.98. The summed E-state index contributed by atoms with van der Waals surface area (Å²) < 4.78 is 0. The largest absolute Gasteiger partial charge is 0.480 e. The Morgan fingerprint density at radius 2 is 1.96 bits per heavy atom. The number of carboxylic acids is 1. The van der Waals surface area contributed by atoms with Crippen LogP contribution in [0.25, 0.3) is 0 Å². The Balaban J connectivity index is 1.69. The zero-order chi connectivity index (χ0) is 17.5. The molecule has 0 bridgehead atoms. The summed E-state index contributed by atoms with van der Waals surface area (Å²) in [7, 11) is 0. The van der Waals surface area contributed by atoms with Gasteiger partial charge in [0.05, 0.1) is 4.88 Å². The Hall–Kier alpha value is -1.89. The third kappa shape index (κ3) is 2.92. The molecule has 1 N–H and O–H groups in total. The molecule has 6 nitrogen and oxygen atoms in total. The molecule has 1 aromatic rings. The molecule has 1 atom stereocenters. The molecule has 0 radical (unpaired) electrons. The Morgan fingerprint density at radius 3 is 2.42 bits per heavy atom. The Morgan fingerprint density at radius 1 is 1.29 bits per heavy atom. The fourth-order valence-corrected chi connectivity index (χ4v) is 4.78. The van der Waals surface area contributed by atoms with E-state index in [1.807, 2.05) is 23.3 Å². The minimum absolute atomic E-state index is 0.0635. The zero-order valence-corrected chi connectivity index (χ0v) is 14.8. The molecule has 130 valence electrons. The molecule has 2 saturated heterocycles. The Bertz CT molecular complexity index is 652. The summed E-state index contributed by atoms with van der Waals surface area (Å²) in [5, 5.41) is 11.3. The van der Waals surface area contributed by atoms with E-state index in [2.05, 4.69) is 0 Å². The number of aryl methyl sites for hydroxylation is 1. The maximum absolute atomic E-state index is 12.6. The van der Waals surface area contributed by atoms with E-state index in [1.165, 1.54) is 23.2 Å². The van der Waals surface area contributed by atoms with E-state index in [0.29, 0.717) is 26.1 Å². The second-order valence-corrected chi connectivity index (χ2v) is 7.85. The average molecular weight is 350 g/mol. The number of hydrogen-bond donors (Lipinski definition) is 1. The van der Waals surface area contributed by atoms with Gasteiger partial charge in [-0.15, -0.1) is 11.3 Å². The van der Waals surface area contributed by atoms with Gasteiger partial charge in [0.1, 0.15) is 6.04 Å². The highest BCUT2D eigenvalue weighted by Crippen LogP contribution is 2.43. The van der Waals surface area contributed by atoms with Gasteiger partial charge in [-0.05, 0) is 48.6 Å². The monoisotopic (exact) mass is 350 g/mol. The first-order valence-electron chi connectivity index (χ1n) is 8.16. The summed E-state index contributed by atoms with van der Waals surface area (Å²) in [5.74, 6) is -1.06. The number of carbonyl (C=O) groups excluding carboxylic acids is 2. The van der Waals surface area contributed by atoms with Crippen molar-refractivity contribution in [2.75, 3.05) is 19.6 Å². The molecule has 0 aliphatic carbocycles. The van der Waals surface area contributed by atoms with Gasteiger partial charge in [0, 0.05) is 26.6 Å². The van der Waals surface area contributed by atoms with Crippen molar-refractivity contribution in [3.8, 4) is 0 Å². The van der Waals surface area contributed by atoms with Gasteiger partial charge in [0.2, 0.25) is 5.91 Å². The molecule has 3 rings (SSSR count). The molecular formula is C17H22N2O4S. The number of rotatable bonds is 2. The van der Waals surface area contributed by atoms with Crippen LogP contribution in [0.3, 0.4) is 0 Å². The van der Waals surface area contributed by atoms with Crippen molar-refractivity contribution in [1.29, 1.82) is 0 Å². The predicted molar refractivity (Wildman–Crippen MR) is 90.1 cm³/mol. The highest BCUT2D eigenvalue weighted by atomic mass is 32.1. The minimum atomic E-state index is -0.935. The van der Waals surface area contributed by atoms with Crippen LogP contribution in [-0.2, 0) is 9.59 Å². The van der Waals surface area contributed by atoms with Gasteiger partial charge in [0.15, 0.2) is 0 Å². The van der Waals surface area contributed by atoms with Crippen LogP contribution in [-0.4, -0.2) is 58.4 Å². The number of carboxylic acid groups (broad SMARTS) is 1. The molecule has 0 aromatic carbocycles. The number of amides is 2. The minimum Gasteiger partial charge on any atom is -0.480 e. The normalized spacial score (nSPS) is 22.8. The average Bonchev–Trinajstić information content (AvgIpc) is 3.12. The van der Waals surface area contributed by atoms with Gasteiger partial charge < -0.3 is 14.9 Å².